The molecular formula is C26H28ClN5O. The van der Waals surface area contributed by atoms with Gasteiger partial charge in [0.25, 0.3) is 0 Å². The van der Waals surface area contributed by atoms with Gasteiger partial charge in [0.15, 0.2) is 0 Å². The van der Waals surface area contributed by atoms with E-state index in [2.05, 4.69) is 57.4 Å². The molecule has 0 unspecified atom stereocenters. The molecule has 6 nitrogen and oxygen atoms in total. The normalized spacial score (nSPS) is 13.5. The van der Waals surface area contributed by atoms with Gasteiger partial charge in [-0.15, -0.1) is 0 Å². The number of ketones is 1. The fourth-order valence-corrected chi connectivity index (χ4v) is 4.02. The lowest BCUT2D eigenvalue weighted by atomic mass is 10.1. The van der Waals surface area contributed by atoms with Crippen molar-refractivity contribution in [3.63, 3.8) is 0 Å². The maximum Gasteiger partial charge on any atom is 0.136 e. The third-order valence-electron chi connectivity index (χ3n) is 5.71. The Morgan fingerprint density at radius 3 is 2.61 bits per heavy atom. The van der Waals surface area contributed by atoms with Crippen LogP contribution in [0.25, 0.3) is 10.9 Å². The summed E-state index contributed by atoms with van der Waals surface area (Å²) in [5.74, 6) is 1.13. The van der Waals surface area contributed by atoms with Gasteiger partial charge in [-0.2, -0.15) is 0 Å². The lowest BCUT2D eigenvalue weighted by molar-refractivity contribution is -0.119. The van der Waals surface area contributed by atoms with E-state index in [1.54, 1.807) is 6.20 Å². The van der Waals surface area contributed by atoms with Crippen LogP contribution in [0.15, 0.2) is 67.0 Å². The highest BCUT2D eigenvalue weighted by Gasteiger charge is 2.17. The minimum Gasteiger partial charge on any atom is -0.370 e. The molecule has 0 spiro atoms. The van der Waals surface area contributed by atoms with Crippen LogP contribution in [0.1, 0.15) is 24.0 Å². The van der Waals surface area contributed by atoms with Gasteiger partial charge >= 0.3 is 0 Å². The van der Waals surface area contributed by atoms with Crippen LogP contribution in [0.5, 0.6) is 0 Å². The van der Waals surface area contributed by atoms with Gasteiger partial charge in [0.05, 0.1) is 5.02 Å². The van der Waals surface area contributed by atoms with Crippen molar-refractivity contribution in [3.8, 4) is 0 Å². The minimum atomic E-state index is 0.362. The van der Waals surface area contributed by atoms with Crippen molar-refractivity contribution in [2.75, 3.05) is 23.3 Å². The first-order valence-electron chi connectivity index (χ1n) is 11.0. The predicted molar refractivity (Wildman–Crippen MR) is 136 cm³/mol. The number of fused-ring (bicyclic) bond motifs is 1. The van der Waals surface area contributed by atoms with E-state index in [-0.39, 0.29) is 0 Å². The van der Waals surface area contributed by atoms with E-state index in [1.165, 1.54) is 27.7 Å². The average molecular weight is 462 g/mol. The molecule has 5 rings (SSSR count). The Kier molecular flexibility index (Phi) is 7.27. The monoisotopic (exact) mass is 461 g/mol. The van der Waals surface area contributed by atoms with Crippen LogP contribution < -0.4 is 16.0 Å². The molecule has 4 N–H and O–H groups in total. The molecule has 0 aliphatic carbocycles. The van der Waals surface area contributed by atoms with Crippen LogP contribution in [0, 0.1) is 6.92 Å². The quantitative estimate of drug-likeness (QED) is 0.369. The van der Waals surface area contributed by atoms with Crippen molar-refractivity contribution in [1.29, 1.82) is 0 Å². The zero-order valence-corrected chi connectivity index (χ0v) is 19.4. The molecule has 0 amide bonds. The second-order valence-electron chi connectivity index (χ2n) is 8.12. The largest absolute Gasteiger partial charge is 0.370 e. The Morgan fingerprint density at radius 2 is 1.91 bits per heavy atom. The number of benzene rings is 2. The maximum absolute atomic E-state index is 11.4. The second-order valence-corrected chi connectivity index (χ2v) is 8.55. The van der Waals surface area contributed by atoms with Gasteiger partial charge in [-0.3, -0.25) is 4.79 Å². The van der Waals surface area contributed by atoms with Crippen LogP contribution in [-0.2, 0) is 11.3 Å². The fraction of sp³-hybridized carbons (Fsp3) is 0.231. The van der Waals surface area contributed by atoms with Crippen LogP contribution in [-0.4, -0.2) is 28.8 Å². The Labute approximate surface area is 198 Å². The number of aryl methyl sites for hydroxylation is 1. The number of carbonyl (C=O) groups excluding carboxylic acids is 1. The van der Waals surface area contributed by atoms with Crippen molar-refractivity contribution in [1.82, 2.24) is 9.97 Å². The highest BCUT2D eigenvalue weighted by Crippen LogP contribution is 2.27. The summed E-state index contributed by atoms with van der Waals surface area (Å²) in [6.07, 6.45) is 4.85. The number of aromatic amines is 1. The number of halogens is 1. The summed E-state index contributed by atoms with van der Waals surface area (Å²) in [5, 5.41) is 5.12. The lowest BCUT2D eigenvalue weighted by Gasteiger charge is -2.29. The topological polar surface area (TPSA) is 87.0 Å². The zero-order chi connectivity index (χ0) is 23.2. The number of Topliss-reactive ketones (excluding diaryl/α,β-unsaturated/α-hetero) is 1. The molecule has 0 radical (unpaired) electrons. The molecule has 1 aliphatic rings. The molecule has 0 bridgehead atoms. The molecule has 0 atom stereocenters. The molecule has 4 aromatic rings. The number of anilines is 3. The molecular weight excluding hydrogens is 434 g/mol. The number of aromatic nitrogens is 2. The highest BCUT2D eigenvalue weighted by atomic mass is 35.5. The molecule has 2 aromatic heterocycles. The van der Waals surface area contributed by atoms with Crippen molar-refractivity contribution >= 4 is 45.5 Å². The molecule has 1 saturated heterocycles. The summed E-state index contributed by atoms with van der Waals surface area (Å²) in [6.45, 7) is 4.32. The number of rotatable bonds is 4. The third-order valence-corrected chi connectivity index (χ3v) is 5.94. The Morgan fingerprint density at radius 1 is 1.09 bits per heavy atom. The van der Waals surface area contributed by atoms with Crippen molar-refractivity contribution in [2.45, 2.75) is 26.3 Å². The molecule has 0 saturated carbocycles. The van der Waals surface area contributed by atoms with E-state index in [0.717, 1.165) is 24.6 Å². The van der Waals surface area contributed by atoms with Gasteiger partial charge in [0.1, 0.15) is 11.6 Å². The van der Waals surface area contributed by atoms with Gasteiger partial charge in [-0.25, -0.2) is 4.98 Å². The third kappa shape index (κ3) is 5.92. The summed E-state index contributed by atoms with van der Waals surface area (Å²) in [4.78, 5) is 21.0. The Balaban J connectivity index is 0.000000196. The summed E-state index contributed by atoms with van der Waals surface area (Å²) in [6, 6.07) is 18.1. The number of nitrogens with one attached hydrogen (secondary N) is 2. The Hall–Kier alpha value is -3.35. The average Bonchev–Trinajstić information content (AvgIpc) is 3.30. The van der Waals surface area contributed by atoms with Gasteiger partial charge in [-0.05, 0) is 72.0 Å². The fourth-order valence-electron chi connectivity index (χ4n) is 3.91. The number of carbonyl (C=O) groups is 1. The Bertz CT molecular complexity index is 1230. The molecule has 7 heteroatoms. The number of nitrogens with zero attached hydrogens (tertiary/aromatic N) is 2. The second kappa shape index (κ2) is 10.5. The van der Waals surface area contributed by atoms with Crippen LogP contribution in [0.4, 0.5) is 17.2 Å². The number of hydrogen-bond acceptors (Lipinski definition) is 5. The smallest absolute Gasteiger partial charge is 0.136 e. The number of piperidine rings is 1. The molecule has 3 heterocycles. The summed E-state index contributed by atoms with van der Waals surface area (Å²) < 4.78 is 0. The lowest BCUT2D eigenvalue weighted by Crippen LogP contribution is -2.34. The van der Waals surface area contributed by atoms with E-state index in [1.807, 2.05) is 30.5 Å². The summed E-state index contributed by atoms with van der Waals surface area (Å²) in [5.41, 5.74) is 11.2. The summed E-state index contributed by atoms with van der Waals surface area (Å²) in [7, 11) is 0. The first-order valence-corrected chi connectivity index (χ1v) is 11.4. The molecule has 2 aromatic carbocycles. The van der Waals surface area contributed by atoms with Crippen LogP contribution in [0.3, 0.4) is 0 Å². The van der Waals surface area contributed by atoms with Crippen molar-refractivity contribution in [3.05, 3.63) is 83.1 Å². The van der Waals surface area contributed by atoms with Gasteiger partial charge in [-0.1, -0.05) is 17.7 Å². The van der Waals surface area contributed by atoms with Gasteiger partial charge in [0.2, 0.25) is 0 Å². The number of H-pyrrole nitrogens is 1. The number of nitrogens with two attached hydrogens (primary N) is 1. The first-order chi connectivity index (χ1) is 16.0. The van der Waals surface area contributed by atoms with E-state index in [4.69, 9.17) is 17.3 Å². The van der Waals surface area contributed by atoms with Crippen molar-refractivity contribution in [2.24, 2.45) is 5.73 Å². The van der Waals surface area contributed by atoms with E-state index in [0.29, 0.717) is 30.2 Å². The summed E-state index contributed by atoms with van der Waals surface area (Å²) >= 11 is 5.84. The molecule has 170 valence electrons. The van der Waals surface area contributed by atoms with Crippen LogP contribution in [0.2, 0.25) is 5.02 Å². The highest BCUT2D eigenvalue weighted by molar-refractivity contribution is 6.30. The molecule has 1 aliphatic heterocycles. The van der Waals surface area contributed by atoms with Gasteiger partial charge in [0, 0.05) is 61.8 Å². The minimum absolute atomic E-state index is 0.362. The molecule has 1 fully saturated rings. The maximum atomic E-state index is 11.4. The SMILES string of the molecule is Cc1cc(Nc2ccc(Cl)cn2)ccc1N1CCC(=O)CC1.NCc1ccc2[nH]ccc2c1. The van der Waals surface area contributed by atoms with E-state index >= 15 is 0 Å². The zero-order valence-electron chi connectivity index (χ0n) is 18.6. The van der Waals surface area contributed by atoms with Crippen LogP contribution >= 0.6 is 11.6 Å². The predicted octanol–water partition coefficient (Wildman–Crippen LogP) is 5.58. The number of pyridine rings is 1. The van der Waals surface area contributed by atoms with E-state index < -0.39 is 0 Å². The number of hydrogen-bond donors (Lipinski definition) is 3. The molecule has 33 heavy (non-hydrogen) atoms. The standard InChI is InChI=1S/C17H18ClN3O.C9H10N2/c1-12-10-14(20-17-5-2-13(18)11-19-17)3-4-16(12)21-8-6-15(22)7-9-21;10-6-7-1-2-9-8(5-7)3-4-11-9/h2-5,10-11H,6-9H2,1H3,(H,19,20);1-5,11H,6,10H2. The first kappa shape index (κ1) is 22.8. The van der Waals surface area contributed by atoms with Crippen molar-refractivity contribution < 1.29 is 4.79 Å². The van der Waals surface area contributed by atoms with E-state index in [9.17, 15) is 4.79 Å². The van der Waals surface area contributed by atoms with Gasteiger partial charge < -0.3 is 20.9 Å².